The van der Waals surface area contributed by atoms with Crippen molar-refractivity contribution >= 4 is 27.5 Å². The minimum atomic E-state index is -0.732. The van der Waals surface area contributed by atoms with Crippen molar-refractivity contribution in [3.63, 3.8) is 0 Å². The fourth-order valence-electron chi connectivity index (χ4n) is 2.22. The number of pyridine rings is 1. The van der Waals surface area contributed by atoms with Crippen LogP contribution in [0.15, 0.2) is 59.3 Å². The third-order valence-electron chi connectivity index (χ3n) is 3.32. The number of allylic oxidation sites excluding steroid dienone is 1. The van der Waals surface area contributed by atoms with Crippen molar-refractivity contribution in [2.45, 2.75) is 25.7 Å². The van der Waals surface area contributed by atoms with Crippen molar-refractivity contribution in [1.82, 2.24) is 4.98 Å². The number of halogens is 1. The van der Waals surface area contributed by atoms with Gasteiger partial charge in [-0.15, -0.1) is 0 Å². The van der Waals surface area contributed by atoms with Gasteiger partial charge in [-0.2, -0.15) is 0 Å². The number of unbranched alkanes of at least 4 members (excludes halogenated alkanes) is 2. The number of hydrogen-bond donors (Lipinski definition) is 1. The molecular formula is C18H18BrNO2. The van der Waals surface area contributed by atoms with E-state index in [1.165, 1.54) is 0 Å². The van der Waals surface area contributed by atoms with Crippen molar-refractivity contribution < 1.29 is 9.90 Å². The van der Waals surface area contributed by atoms with Crippen LogP contribution in [0, 0.1) is 0 Å². The average molecular weight is 360 g/mol. The van der Waals surface area contributed by atoms with E-state index in [-0.39, 0.29) is 6.42 Å². The lowest BCUT2D eigenvalue weighted by molar-refractivity contribution is -0.137. The van der Waals surface area contributed by atoms with Gasteiger partial charge < -0.3 is 5.11 Å². The molecule has 0 bridgehead atoms. The monoisotopic (exact) mass is 359 g/mol. The first-order valence-electron chi connectivity index (χ1n) is 7.25. The summed E-state index contributed by atoms with van der Waals surface area (Å²) in [5, 5.41) is 8.68. The highest BCUT2D eigenvalue weighted by molar-refractivity contribution is 9.10. The molecule has 0 aliphatic carbocycles. The first kappa shape index (κ1) is 16.4. The Balaban J connectivity index is 2.15. The molecule has 0 spiro atoms. The average Bonchev–Trinajstić information content (AvgIpc) is 2.53. The zero-order valence-corrected chi connectivity index (χ0v) is 13.8. The molecule has 1 N–H and O–H groups in total. The summed E-state index contributed by atoms with van der Waals surface area (Å²) < 4.78 is 1.04. The SMILES string of the molecule is O=C(O)CCCC/C=C(/c1ccc(Br)cc1)c1cccnc1. The maximum Gasteiger partial charge on any atom is 0.303 e. The summed E-state index contributed by atoms with van der Waals surface area (Å²) in [6.07, 6.45) is 8.43. The van der Waals surface area contributed by atoms with E-state index in [1.807, 2.05) is 30.5 Å². The summed E-state index contributed by atoms with van der Waals surface area (Å²) in [6.45, 7) is 0. The van der Waals surface area contributed by atoms with Gasteiger partial charge in [0.2, 0.25) is 0 Å². The molecule has 0 atom stereocenters. The summed E-state index contributed by atoms with van der Waals surface area (Å²) in [6, 6.07) is 12.1. The molecule has 1 aromatic carbocycles. The van der Waals surface area contributed by atoms with Crippen molar-refractivity contribution in [3.8, 4) is 0 Å². The standard InChI is InChI=1S/C18H18BrNO2/c19-16-10-8-14(9-11-16)17(15-5-4-12-20-13-15)6-2-1-3-7-18(21)22/h4-6,8-13H,1-3,7H2,(H,21,22)/b17-6-. The lowest BCUT2D eigenvalue weighted by atomic mass is 9.97. The first-order valence-corrected chi connectivity index (χ1v) is 8.04. The molecular weight excluding hydrogens is 342 g/mol. The van der Waals surface area contributed by atoms with Crippen LogP contribution in [-0.2, 0) is 4.79 Å². The molecule has 3 nitrogen and oxygen atoms in total. The van der Waals surface area contributed by atoms with Gasteiger partial charge in [0.15, 0.2) is 0 Å². The molecule has 0 radical (unpaired) electrons. The normalized spacial score (nSPS) is 11.4. The van der Waals surface area contributed by atoms with Crippen LogP contribution in [0.4, 0.5) is 0 Å². The van der Waals surface area contributed by atoms with Crippen molar-refractivity contribution in [2.75, 3.05) is 0 Å². The van der Waals surface area contributed by atoms with Gasteiger partial charge in [-0.1, -0.05) is 40.2 Å². The van der Waals surface area contributed by atoms with Crippen LogP contribution in [-0.4, -0.2) is 16.1 Å². The van der Waals surface area contributed by atoms with E-state index in [0.29, 0.717) is 6.42 Å². The highest BCUT2D eigenvalue weighted by Gasteiger charge is 2.05. The van der Waals surface area contributed by atoms with Gasteiger partial charge in [0.1, 0.15) is 0 Å². The van der Waals surface area contributed by atoms with Crippen LogP contribution in [0.2, 0.25) is 0 Å². The maximum absolute atomic E-state index is 10.5. The second-order valence-electron chi connectivity index (χ2n) is 5.01. The number of aliphatic carboxylic acids is 1. The molecule has 114 valence electrons. The van der Waals surface area contributed by atoms with Gasteiger partial charge in [0.05, 0.1) is 0 Å². The summed E-state index contributed by atoms with van der Waals surface area (Å²) in [5.41, 5.74) is 3.34. The van der Waals surface area contributed by atoms with Crippen LogP contribution in [0.1, 0.15) is 36.8 Å². The number of hydrogen-bond acceptors (Lipinski definition) is 2. The molecule has 1 heterocycles. The van der Waals surface area contributed by atoms with Gasteiger partial charge in [-0.3, -0.25) is 9.78 Å². The van der Waals surface area contributed by atoms with Gasteiger partial charge in [-0.05, 0) is 48.6 Å². The van der Waals surface area contributed by atoms with E-state index < -0.39 is 5.97 Å². The maximum atomic E-state index is 10.5. The number of rotatable bonds is 7. The second kappa shape index (κ2) is 8.49. The smallest absolute Gasteiger partial charge is 0.303 e. The summed E-state index contributed by atoms with van der Waals surface area (Å²) in [5.74, 6) is -0.732. The zero-order chi connectivity index (χ0) is 15.8. The Morgan fingerprint density at radius 3 is 2.55 bits per heavy atom. The third-order valence-corrected chi connectivity index (χ3v) is 3.85. The number of aromatic nitrogens is 1. The van der Waals surface area contributed by atoms with Crippen LogP contribution >= 0.6 is 15.9 Å². The zero-order valence-electron chi connectivity index (χ0n) is 12.2. The number of nitrogens with zero attached hydrogens (tertiary/aromatic N) is 1. The molecule has 0 aliphatic heterocycles. The van der Waals surface area contributed by atoms with Gasteiger partial charge in [-0.25, -0.2) is 0 Å². The van der Waals surface area contributed by atoms with Crippen molar-refractivity contribution in [3.05, 3.63) is 70.5 Å². The van der Waals surface area contributed by atoms with Crippen molar-refractivity contribution in [1.29, 1.82) is 0 Å². The van der Waals surface area contributed by atoms with Crippen LogP contribution in [0.3, 0.4) is 0 Å². The topological polar surface area (TPSA) is 50.2 Å². The molecule has 2 aromatic rings. The minimum Gasteiger partial charge on any atom is -0.481 e. The van der Waals surface area contributed by atoms with E-state index in [1.54, 1.807) is 6.20 Å². The molecule has 4 heteroatoms. The quantitative estimate of drug-likeness (QED) is 0.713. The fraction of sp³-hybridized carbons (Fsp3) is 0.222. The molecule has 0 saturated heterocycles. The van der Waals surface area contributed by atoms with E-state index in [4.69, 9.17) is 5.11 Å². The largest absolute Gasteiger partial charge is 0.481 e. The highest BCUT2D eigenvalue weighted by atomic mass is 79.9. The van der Waals surface area contributed by atoms with Crippen LogP contribution in [0.25, 0.3) is 5.57 Å². The van der Waals surface area contributed by atoms with Crippen molar-refractivity contribution in [2.24, 2.45) is 0 Å². The Bertz CT molecular complexity index is 636. The molecule has 0 saturated carbocycles. The number of benzene rings is 1. The fourth-order valence-corrected chi connectivity index (χ4v) is 2.49. The summed E-state index contributed by atoms with van der Waals surface area (Å²) in [7, 11) is 0. The Morgan fingerprint density at radius 1 is 1.14 bits per heavy atom. The Morgan fingerprint density at radius 2 is 1.91 bits per heavy atom. The minimum absolute atomic E-state index is 0.231. The molecule has 0 aliphatic rings. The van der Waals surface area contributed by atoms with Gasteiger partial charge in [0, 0.05) is 28.9 Å². The molecule has 1 aromatic heterocycles. The lowest BCUT2D eigenvalue weighted by Gasteiger charge is -2.08. The molecule has 22 heavy (non-hydrogen) atoms. The van der Waals surface area contributed by atoms with E-state index in [2.05, 4.69) is 39.1 Å². The predicted molar refractivity (Wildman–Crippen MR) is 91.6 cm³/mol. The number of carboxylic acids is 1. The predicted octanol–water partition coefficient (Wildman–Crippen LogP) is 4.92. The van der Waals surface area contributed by atoms with E-state index in [9.17, 15) is 4.79 Å². The number of carboxylic acid groups (broad SMARTS) is 1. The van der Waals surface area contributed by atoms with Crippen LogP contribution < -0.4 is 0 Å². The molecule has 0 unspecified atom stereocenters. The summed E-state index contributed by atoms with van der Waals surface area (Å²) >= 11 is 3.45. The Hall–Kier alpha value is -1.94. The number of carbonyl (C=O) groups is 1. The van der Waals surface area contributed by atoms with Crippen LogP contribution in [0.5, 0.6) is 0 Å². The Labute approximate surface area is 138 Å². The summed E-state index contributed by atoms with van der Waals surface area (Å²) in [4.78, 5) is 14.7. The molecule has 2 rings (SSSR count). The second-order valence-corrected chi connectivity index (χ2v) is 5.92. The molecule has 0 amide bonds. The van der Waals surface area contributed by atoms with Gasteiger partial charge in [0.25, 0.3) is 0 Å². The first-order chi connectivity index (χ1) is 10.7. The van der Waals surface area contributed by atoms with E-state index in [0.717, 1.165) is 34.0 Å². The highest BCUT2D eigenvalue weighted by Crippen LogP contribution is 2.25. The van der Waals surface area contributed by atoms with E-state index >= 15 is 0 Å². The molecule has 0 fully saturated rings. The third kappa shape index (κ3) is 5.11. The Kier molecular flexibility index (Phi) is 6.34. The lowest BCUT2D eigenvalue weighted by Crippen LogP contribution is -1.93. The van der Waals surface area contributed by atoms with Gasteiger partial charge >= 0.3 is 5.97 Å².